The van der Waals surface area contributed by atoms with Gasteiger partial charge in [0.25, 0.3) is 10.0 Å². The molecule has 2 rings (SSSR count). The zero-order chi connectivity index (χ0) is 15.8. The third-order valence-electron chi connectivity index (χ3n) is 2.72. The number of hydrogen-bond donors (Lipinski definition) is 0. The molecule has 0 aliphatic carbocycles. The molecule has 0 aliphatic heterocycles. The van der Waals surface area contributed by atoms with E-state index in [1.165, 1.54) is 6.07 Å². The maximum Gasteiger partial charge on any atom is 0.416 e. The molecule has 9 heteroatoms. The van der Waals surface area contributed by atoms with E-state index in [0.29, 0.717) is 6.07 Å². The number of halogens is 4. The topological polar surface area (TPSA) is 37.4 Å². The van der Waals surface area contributed by atoms with Crippen LogP contribution in [0.25, 0.3) is 0 Å². The van der Waals surface area contributed by atoms with Crippen molar-refractivity contribution in [2.75, 3.05) is 11.4 Å². The largest absolute Gasteiger partial charge is 0.416 e. The summed E-state index contributed by atoms with van der Waals surface area (Å²) < 4.78 is 63.6. The van der Waals surface area contributed by atoms with E-state index in [-0.39, 0.29) is 14.9 Å². The molecule has 0 radical (unpaired) electrons. The number of rotatable bonds is 3. The molecular formula is C12H9ClF3NO2S2. The minimum atomic E-state index is -4.58. The smallest absolute Gasteiger partial charge is 0.267 e. The van der Waals surface area contributed by atoms with Crippen molar-refractivity contribution in [1.29, 1.82) is 0 Å². The van der Waals surface area contributed by atoms with E-state index in [2.05, 4.69) is 0 Å². The highest BCUT2D eigenvalue weighted by atomic mass is 35.5. The van der Waals surface area contributed by atoms with E-state index < -0.39 is 21.8 Å². The molecule has 0 unspecified atom stereocenters. The Hall–Kier alpha value is -1.25. The van der Waals surface area contributed by atoms with Crippen LogP contribution in [0.5, 0.6) is 0 Å². The molecule has 0 fully saturated rings. The first-order valence-electron chi connectivity index (χ1n) is 5.53. The second-order valence-corrected chi connectivity index (χ2v) is 7.62. The quantitative estimate of drug-likeness (QED) is 0.825. The van der Waals surface area contributed by atoms with Crippen LogP contribution < -0.4 is 4.31 Å². The fourth-order valence-electron chi connectivity index (χ4n) is 1.61. The number of benzene rings is 1. The Labute approximate surface area is 128 Å². The SMILES string of the molecule is CN(c1cc(C(F)(F)F)ccc1Cl)S(=O)(=O)c1cccs1. The van der Waals surface area contributed by atoms with Crippen molar-refractivity contribution < 1.29 is 21.6 Å². The lowest BCUT2D eigenvalue weighted by Gasteiger charge is -2.21. The van der Waals surface area contributed by atoms with Gasteiger partial charge < -0.3 is 0 Å². The Bertz CT molecular complexity index is 742. The Balaban J connectivity index is 2.51. The van der Waals surface area contributed by atoms with Crippen molar-refractivity contribution in [2.24, 2.45) is 0 Å². The van der Waals surface area contributed by atoms with Crippen molar-refractivity contribution in [3.63, 3.8) is 0 Å². The Morgan fingerprint density at radius 3 is 2.43 bits per heavy atom. The van der Waals surface area contributed by atoms with Gasteiger partial charge in [-0.25, -0.2) is 8.42 Å². The molecule has 0 atom stereocenters. The van der Waals surface area contributed by atoms with Crippen LogP contribution >= 0.6 is 22.9 Å². The highest BCUT2D eigenvalue weighted by Gasteiger charge is 2.32. The molecule has 114 valence electrons. The molecular weight excluding hydrogens is 347 g/mol. The summed E-state index contributed by atoms with van der Waals surface area (Å²) in [5.74, 6) is 0. The molecule has 0 bridgehead atoms. The van der Waals surface area contributed by atoms with Crippen molar-refractivity contribution >= 4 is 38.6 Å². The van der Waals surface area contributed by atoms with Gasteiger partial charge >= 0.3 is 6.18 Å². The minimum Gasteiger partial charge on any atom is -0.267 e. The van der Waals surface area contributed by atoms with Crippen LogP contribution in [0.4, 0.5) is 18.9 Å². The molecule has 0 aliphatic rings. The number of sulfonamides is 1. The third kappa shape index (κ3) is 3.17. The van der Waals surface area contributed by atoms with Gasteiger partial charge in [0, 0.05) is 7.05 Å². The van der Waals surface area contributed by atoms with Gasteiger partial charge in [-0.15, -0.1) is 11.3 Å². The van der Waals surface area contributed by atoms with E-state index in [1.807, 2.05) is 0 Å². The van der Waals surface area contributed by atoms with Gasteiger partial charge in [-0.05, 0) is 29.6 Å². The Kier molecular flexibility index (Phi) is 4.23. The molecule has 0 amide bonds. The summed E-state index contributed by atoms with van der Waals surface area (Å²) in [5.41, 5.74) is -1.19. The third-order valence-corrected chi connectivity index (χ3v) is 6.19. The highest BCUT2D eigenvalue weighted by Crippen LogP contribution is 2.37. The molecule has 1 heterocycles. The van der Waals surface area contributed by atoms with Crippen LogP contribution in [-0.4, -0.2) is 15.5 Å². The molecule has 3 nitrogen and oxygen atoms in total. The van der Waals surface area contributed by atoms with Gasteiger partial charge in [0.1, 0.15) is 4.21 Å². The highest BCUT2D eigenvalue weighted by molar-refractivity contribution is 7.94. The predicted molar refractivity (Wildman–Crippen MR) is 76.4 cm³/mol. The Morgan fingerprint density at radius 2 is 1.90 bits per heavy atom. The fourth-order valence-corrected chi connectivity index (χ4v) is 4.27. The summed E-state index contributed by atoms with van der Waals surface area (Å²) in [6, 6.07) is 5.46. The van der Waals surface area contributed by atoms with Crippen molar-refractivity contribution in [3.8, 4) is 0 Å². The lowest BCUT2D eigenvalue weighted by molar-refractivity contribution is -0.137. The zero-order valence-electron chi connectivity index (χ0n) is 10.6. The second kappa shape index (κ2) is 5.51. The van der Waals surface area contributed by atoms with Crippen LogP contribution in [0.2, 0.25) is 5.02 Å². The van der Waals surface area contributed by atoms with Crippen LogP contribution in [-0.2, 0) is 16.2 Å². The number of nitrogens with zero attached hydrogens (tertiary/aromatic N) is 1. The fraction of sp³-hybridized carbons (Fsp3) is 0.167. The number of alkyl halides is 3. The van der Waals surface area contributed by atoms with Gasteiger partial charge in [-0.2, -0.15) is 13.2 Å². The second-order valence-electron chi connectivity index (χ2n) is 4.07. The van der Waals surface area contributed by atoms with Gasteiger partial charge in [0.15, 0.2) is 0 Å². The number of anilines is 1. The Morgan fingerprint density at radius 1 is 1.24 bits per heavy atom. The summed E-state index contributed by atoms with van der Waals surface area (Å²) in [6.45, 7) is 0. The monoisotopic (exact) mass is 355 g/mol. The molecule has 0 spiro atoms. The summed E-state index contributed by atoms with van der Waals surface area (Å²) in [4.78, 5) is 0. The molecule has 0 saturated heterocycles. The van der Waals surface area contributed by atoms with E-state index in [9.17, 15) is 21.6 Å². The number of thiophene rings is 1. The van der Waals surface area contributed by atoms with Gasteiger partial charge in [0.05, 0.1) is 16.3 Å². The first kappa shape index (κ1) is 16.1. The summed E-state index contributed by atoms with van der Waals surface area (Å²) >= 11 is 6.81. The lowest BCUT2D eigenvalue weighted by atomic mass is 10.2. The van der Waals surface area contributed by atoms with Crippen molar-refractivity contribution in [1.82, 2.24) is 0 Å². The van der Waals surface area contributed by atoms with E-state index >= 15 is 0 Å². The number of hydrogen-bond acceptors (Lipinski definition) is 3. The summed E-state index contributed by atoms with van der Waals surface area (Å²) in [5, 5.41) is 1.49. The molecule has 21 heavy (non-hydrogen) atoms. The van der Waals surface area contributed by atoms with E-state index in [4.69, 9.17) is 11.6 Å². The predicted octanol–water partition coefficient (Wildman–Crippen LogP) is 4.25. The average molecular weight is 356 g/mol. The summed E-state index contributed by atoms with van der Waals surface area (Å²) in [7, 11) is -2.77. The zero-order valence-corrected chi connectivity index (χ0v) is 12.9. The van der Waals surface area contributed by atoms with Crippen LogP contribution in [0.15, 0.2) is 39.9 Å². The van der Waals surface area contributed by atoms with Gasteiger partial charge in [-0.3, -0.25) is 4.31 Å². The van der Waals surface area contributed by atoms with Crippen molar-refractivity contribution in [2.45, 2.75) is 10.4 Å². The maximum absolute atomic E-state index is 12.7. The van der Waals surface area contributed by atoms with Gasteiger partial charge in [-0.1, -0.05) is 17.7 Å². The summed E-state index contributed by atoms with van der Waals surface area (Å²) in [6.07, 6.45) is -4.58. The minimum absolute atomic E-state index is 0.0264. The molecule has 0 N–H and O–H groups in total. The first-order chi connectivity index (χ1) is 9.64. The molecule has 1 aromatic carbocycles. The molecule has 0 saturated carbocycles. The average Bonchev–Trinajstić information content (AvgIpc) is 2.91. The molecule has 1 aromatic heterocycles. The van der Waals surface area contributed by atoms with Crippen LogP contribution in [0, 0.1) is 0 Å². The van der Waals surface area contributed by atoms with E-state index in [1.54, 1.807) is 11.4 Å². The lowest BCUT2D eigenvalue weighted by Crippen LogP contribution is -2.26. The van der Waals surface area contributed by atoms with Crippen molar-refractivity contribution in [3.05, 3.63) is 46.3 Å². The van der Waals surface area contributed by atoms with E-state index in [0.717, 1.165) is 34.8 Å². The van der Waals surface area contributed by atoms with Gasteiger partial charge in [0.2, 0.25) is 0 Å². The molecule has 2 aromatic rings. The van der Waals surface area contributed by atoms with Crippen LogP contribution in [0.3, 0.4) is 0 Å². The normalized spacial score (nSPS) is 12.4. The standard InChI is InChI=1S/C12H9ClF3NO2S2/c1-17(21(18,19)11-3-2-6-20-11)10-7-8(12(14,15)16)4-5-9(10)13/h2-7H,1H3. The maximum atomic E-state index is 12.7. The van der Waals surface area contributed by atoms with Crippen LogP contribution in [0.1, 0.15) is 5.56 Å². The first-order valence-corrected chi connectivity index (χ1v) is 8.23.